The molecule has 0 aliphatic heterocycles. The maximum Gasteiger partial charge on any atom is 0.0593 e. The Balaban J connectivity index is 0.000000504. The lowest BCUT2D eigenvalue weighted by Crippen LogP contribution is -2.36. The lowest BCUT2D eigenvalue weighted by atomic mass is 9.69. The summed E-state index contributed by atoms with van der Waals surface area (Å²) < 4.78 is 0. The number of aliphatic hydroxyl groups excluding tert-OH is 8. The maximum atomic E-state index is 9.88. The molecule has 0 spiro atoms. The lowest BCUT2D eigenvalue weighted by molar-refractivity contribution is -0.0126. The zero-order valence-corrected chi connectivity index (χ0v) is 62.5. The first-order valence-corrected chi connectivity index (χ1v) is 38.6. The van der Waals surface area contributed by atoms with E-state index in [1.54, 1.807) is 0 Å². The van der Waals surface area contributed by atoms with Gasteiger partial charge in [-0.25, -0.2) is 0 Å². The molecule has 0 aromatic carbocycles. The molecule has 0 bridgehead atoms. The van der Waals surface area contributed by atoms with Gasteiger partial charge in [0.2, 0.25) is 0 Å². The fourth-order valence-corrected chi connectivity index (χ4v) is 18.2. The summed E-state index contributed by atoms with van der Waals surface area (Å²) in [5.74, 6) is 10.5. The fraction of sp³-hybridized carbons (Fsp3) is 1.00. The van der Waals surface area contributed by atoms with E-state index in [0.29, 0.717) is 28.6 Å². The monoisotopic (exact) mass is 1250 g/mol. The summed E-state index contributed by atoms with van der Waals surface area (Å²) in [7, 11) is 0. The molecule has 528 valence electrons. The first-order chi connectivity index (χ1) is 41.1. The number of rotatable bonds is 12. The molecule has 88 heavy (non-hydrogen) atoms. The molecule has 19 atom stereocenters. The Morgan fingerprint density at radius 2 is 0.932 bits per heavy atom. The summed E-state index contributed by atoms with van der Waals surface area (Å²) in [5, 5.41) is 76.1. The molecule has 0 heterocycles. The van der Waals surface area contributed by atoms with Crippen molar-refractivity contribution in [1.29, 1.82) is 0 Å². The SMILES string of the molecule is CC(C)CC1(C)CCC(O)CC1.CC(C)CC1(C)CCCC(O)C1.CC(C)CC1(C)CCCCC1O.CC(C)CC1CC(O)CCC1C.CCC1C(C)CCCC1O.CCC1CC(C)CC(O)C1.CCC1CCC(C)CC1O.CCC1CCC(O)CC1C. The van der Waals surface area contributed by atoms with E-state index in [-0.39, 0.29) is 54.2 Å². The van der Waals surface area contributed by atoms with Gasteiger partial charge in [0.25, 0.3) is 0 Å². The van der Waals surface area contributed by atoms with Gasteiger partial charge in [0, 0.05) is 0 Å². The molecular formula is C80H160O8. The van der Waals surface area contributed by atoms with Crippen molar-refractivity contribution in [3.63, 3.8) is 0 Å². The summed E-state index contributed by atoms with van der Waals surface area (Å²) in [6.45, 7) is 45.2. The molecule has 19 unspecified atom stereocenters. The van der Waals surface area contributed by atoms with Crippen LogP contribution in [-0.2, 0) is 0 Å². The smallest absolute Gasteiger partial charge is 0.0593 e. The topological polar surface area (TPSA) is 162 Å². The van der Waals surface area contributed by atoms with Crippen LogP contribution in [0, 0.1) is 99.1 Å². The second-order valence-electron chi connectivity index (χ2n) is 34.7. The average molecular weight is 1250 g/mol. The van der Waals surface area contributed by atoms with Gasteiger partial charge in [-0.05, 0) is 260 Å². The Labute approximate surface area is 549 Å². The molecule has 8 heteroatoms. The molecule has 0 amide bonds. The largest absolute Gasteiger partial charge is 0.393 e. The standard InChI is InChI=1S/4C11H22O.4C9H18O/c1-9(2)8-11(3)6-4-10(12)5-7-11;1-8(2)6-10-7-11(12)5-4-9(10)3;1-9(2)7-11(3)6-4-5-10(12)8-11;1-9(2)8-11(3)7-5-4-6-10(11)12;1-3-8-4-7(2)5-9(10)6-8;1-3-8-4-5-9(10)6-7(8)2;1-3-8-5-4-7(2)6-9(8)10;1-3-8-7(2)5-4-6-9(8)10/h9-10,12H,4-8H2,1-3H3;8-12H,4-7H2,1-3H3;2*9-10,12H,4-8H2,1-3H3;4*7-10H,3-6H2,1-2H3. The minimum absolute atomic E-state index is 0.00204. The van der Waals surface area contributed by atoms with E-state index < -0.39 is 0 Å². The van der Waals surface area contributed by atoms with E-state index in [9.17, 15) is 40.9 Å². The van der Waals surface area contributed by atoms with Crippen molar-refractivity contribution in [2.45, 2.75) is 412 Å². The number of aliphatic hydroxyl groups is 8. The minimum atomic E-state index is -0.0475. The van der Waals surface area contributed by atoms with Gasteiger partial charge in [-0.2, -0.15) is 0 Å². The zero-order valence-electron chi connectivity index (χ0n) is 62.5. The Hall–Kier alpha value is -0.320. The van der Waals surface area contributed by atoms with Crippen molar-refractivity contribution in [2.24, 2.45) is 99.1 Å². The molecule has 0 aromatic heterocycles. The highest BCUT2D eigenvalue weighted by Gasteiger charge is 2.37. The molecule has 8 aliphatic carbocycles. The normalized spacial score (nSPS) is 39.3. The summed E-state index contributed by atoms with van der Waals surface area (Å²) in [6.07, 6.45) is 40.6. The van der Waals surface area contributed by atoms with Crippen molar-refractivity contribution in [2.75, 3.05) is 0 Å². The van der Waals surface area contributed by atoms with Crippen LogP contribution in [0.1, 0.15) is 363 Å². The summed E-state index contributed by atoms with van der Waals surface area (Å²) >= 11 is 0. The molecule has 8 aliphatic rings. The van der Waals surface area contributed by atoms with E-state index in [4.69, 9.17) is 0 Å². The molecule has 8 rings (SSSR count). The van der Waals surface area contributed by atoms with E-state index in [1.807, 2.05) is 0 Å². The molecule has 8 saturated carbocycles. The van der Waals surface area contributed by atoms with Crippen LogP contribution >= 0.6 is 0 Å². The third-order valence-corrected chi connectivity index (χ3v) is 23.3. The summed E-state index contributed by atoms with van der Waals surface area (Å²) in [6, 6.07) is 0. The minimum Gasteiger partial charge on any atom is -0.393 e. The quantitative estimate of drug-likeness (QED) is 0.0958. The van der Waals surface area contributed by atoms with Crippen LogP contribution in [0.25, 0.3) is 0 Å². The van der Waals surface area contributed by atoms with Crippen LogP contribution < -0.4 is 0 Å². The zero-order chi connectivity index (χ0) is 67.0. The maximum absolute atomic E-state index is 9.88. The Morgan fingerprint density at radius 1 is 0.352 bits per heavy atom. The summed E-state index contributed by atoms with van der Waals surface area (Å²) in [4.78, 5) is 0. The van der Waals surface area contributed by atoms with Gasteiger partial charge in [0.15, 0.2) is 0 Å². The molecule has 8 fully saturated rings. The highest BCUT2D eigenvalue weighted by Crippen LogP contribution is 2.44. The van der Waals surface area contributed by atoms with Gasteiger partial charge in [-0.15, -0.1) is 0 Å². The van der Waals surface area contributed by atoms with Crippen LogP contribution in [-0.4, -0.2) is 89.7 Å². The third-order valence-electron chi connectivity index (χ3n) is 23.3. The predicted molar refractivity (Wildman–Crippen MR) is 379 cm³/mol. The Morgan fingerprint density at radius 3 is 1.42 bits per heavy atom. The van der Waals surface area contributed by atoms with Gasteiger partial charge < -0.3 is 40.9 Å². The third kappa shape index (κ3) is 36.5. The van der Waals surface area contributed by atoms with Crippen LogP contribution in [0.15, 0.2) is 0 Å². The first-order valence-electron chi connectivity index (χ1n) is 38.6. The number of hydrogen-bond acceptors (Lipinski definition) is 8. The van der Waals surface area contributed by atoms with Crippen LogP contribution in [0.5, 0.6) is 0 Å². The Bertz CT molecular complexity index is 1610. The average Bonchev–Trinajstić information content (AvgIpc) is 3.28. The molecule has 0 aromatic rings. The van der Waals surface area contributed by atoms with Crippen LogP contribution in [0.2, 0.25) is 0 Å². The van der Waals surface area contributed by atoms with Gasteiger partial charge in [-0.1, -0.05) is 203 Å². The van der Waals surface area contributed by atoms with E-state index in [0.717, 1.165) is 161 Å². The second kappa shape index (κ2) is 45.2. The number of hydrogen-bond donors (Lipinski definition) is 8. The molecule has 8 N–H and O–H groups in total. The van der Waals surface area contributed by atoms with Crippen molar-refractivity contribution < 1.29 is 40.9 Å². The van der Waals surface area contributed by atoms with E-state index in [1.165, 1.54) is 128 Å². The van der Waals surface area contributed by atoms with Crippen molar-refractivity contribution >= 4 is 0 Å². The second-order valence-corrected chi connectivity index (χ2v) is 34.7. The lowest BCUT2D eigenvalue weighted by Gasteiger charge is -2.39. The summed E-state index contributed by atoms with van der Waals surface area (Å²) in [5.41, 5.74) is 1.16. The molecular weight excluding hydrogens is 1090 g/mol. The van der Waals surface area contributed by atoms with Crippen LogP contribution in [0.4, 0.5) is 0 Å². The van der Waals surface area contributed by atoms with Gasteiger partial charge in [0.05, 0.1) is 48.8 Å². The molecule has 0 radical (unpaired) electrons. The first kappa shape index (κ1) is 85.7. The van der Waals surface area contributed by atoms with Crippen molar-refractivity contribution in [1.82, 2.24) is 0 Å². The fourth-order valence-electron chi connectivity index (χ4n) is 18.2. The molecule has 0 saturated heterocycles. The predicted octanol–water partition coefficient (Wildman–Crippen LogP) is 20.5. The van der Waals surface area contributed by atoms with Crippen molar-refractivity contribution in [3.8, 4) is 0 Å². The highest BCUT2D eigenvalue weighted by molar-refractivity contribution is 4.88. The van der Waals surface area contributed by atoms with Crippen LogP contribution in [0.3, 0.4) is 0 Å². The van der Waals surface area contributed by atoms with Crippen molar-refractivity contribution in [3.05, 3.63) is 0 Å². The van der Waals surface area contributed by atoms with Gasteiger partial charge >= 0.3 is 0 Å². The van der Waals surface area contributed by atoms with E-state index >= 15 is 0 Å². The highest BCUT2D eigenvalue weighted by atomic mass is 16.3. The molecule has 8 nitrogen and oxygen atoms in total. The van der Waals surface area contributed by atoms with Gasteiger partial charge in [0.1, 0.15) is 0 Å². The Kier molecular flexibility index (Phi) is 44.0. The van der Waals surface area contributed by atoms with E-state index in [2.05, 4.69) is 138 Å². The van der Waals surface area contributed by atoms with Gasteiger partial charge in [-0.3, -0.25) is 0 Å².